The molecule has 0 saturated heterocycles. The van der Waals surface area contributed by atoms with Gasteiger partial charge in [0.1, 0.15) is 6.10 Å². The molecule has 1 N–H and O–H groups in total. The van der Waals surface area contributed by atoms with E-state index in [9.17, 15) is 9.90 Å². The minimum Gasteiger partial charge on any atom is -0.462 e. The highest BCUT2D eigenvalue weighted by molar-refractivity contribution is 5.69. The number of aliphatic hydroxyl groups excluding tert-OH is 1. The van der Waals surface area contributed by atoms with Gasteiger partial charge in [-0.2, -0.15) is 0 Å². The van der Waals surface area contributed by atoms with Crippen molar-refractivity contribution in [2.75, 3.05) is 0 Å². The third-order valence-electron chi connectivity index (χ3n) is 14.5. The summed E-state index contributed by atoms with van der Waals surface area (Å²) in [5.74, 6) is 5.18. The zero-order valence-corrected chi connectivity index (χ0v) is 32.5. The zero-order valence-electron chi connectivity index (χ0n) is 32.5. The average molecular weight is 667 g/mol. The first-order valence-corrected chi connectivity index (χ1v) is 21.3. The van der Waals surface area contributed by atoms with Crippen LogP contribution in [0.1, 0.15) is 189 Å². The van der Waals surface area contributed by atoms with Gasteiger partial charge in [0.05, 0.1) is 6.10 Å². The van der Waals surface area contributed by atoms with Crippen molar-refractivity contribution in [3.05, 3.63) is 24.3 Å². The van der Waals surface area contributed by atoms with Crippen LogP contribution in [0.25, 0.3) is 0 Å². The van der Waals surface area contributed by atoms with Gasteiger partial charge in [-0.1, -0.05) is 117 Å². The maximum atomic E-state index is 13.3. The van der Waals surface area contributed by atoms with Gasteiger partial charge >= 0.3 is 5.97 Å². The molecule has 4 aliphatic rings. The van der Waals surface area contributed by atoms with Gasteiger partial charge in [-0.25, -0.2) is 0 Å². The molecule has 4 saturated carbocycles. The van der Waals surface area contributed by atoms with E-state index in [0.29, 0.717) is 30.1 Å². The van der Waals surface area contributed by atoms with Crippen LogP contribution in [-0.2, 0) is 9.53 Å². The standard InChI is InChI=1S/C45H78O3/c1-7-8-9-10-11-12-13-14-15-16-17-18-19-20-21-25-43(47)48-42-33-37(46)32-36-26-27-38-40-29-28-39(35(4)24-22-23-34(2)3)44(40,5)31-30-41(38)45(36,42)6/h11-12,14-15,34-42,46H,7-10,13,16-33H2,1-6H3/b12-11-,15-14-/t35-,36-,37+,38-,39-,40+,41+,42?,44-,45+/m1/s1. The maximum Gasteiger partial charge on any atom is 0.306 e. The molecular weight excluding hydrogens is 588 g/mol. The number of unbranched alkanes of at least 4 members (excludes halogenated alkanes) is 8. The van der Waals surface area contributed by atoms with Crippen molar-refractivity contribution in [2.45, 2.75) is 201 Å². The van der Waals surface area contributed by atoms with Gasteiger partial charge in [0, 0.05) is 18.3 Å². The predicted octanol–water partition coefficient (Wildman–Crippen LogP) is 12.8. The molecule has 0 amide bonds. The van der Waals surface area contributed by atoms with Crippen LogP contribution in [0.15, 0.2) is 24.3 Å². The number of hydrogen-bond acceptors (Lipinski definition) is 3. The zero-order chi connectivity index (χ0) is 34.6. The van der Waals surface area contributed by atoms with E-state index in [-0.39, 0.29) is 23.6 Å². The molecule has 0 aromatic heterocycles. The Labute approximate surface area is 297 Å². The smallest absolute Gasteiger partial charge is 0.306 e. The number of aliphatic hydroxyl groups is 1. The second-order valence-corrected chi connectivity index (χ2v) is 18.1. The lowest BCUT2D eigenvalue weighted by atomic mass is 9.43. The van der Waals surface area contributed by atoms with Crippen LogP contribution in [0.5, 0.6) is 0 Å². The molecular formula is C45H78O3. The third kappa shape index (κ3) is 10.3. The van der Waals surface area contributed by atoms with Gasteiger partial charge in [-0.3, -0.25) is 4.79 Å². The topological polar surface area (TPSA) is 46.5 Å². The predicted molar refractivity (Wildman–Crippen MR) is 204 cm³/mol. The molecule has 4 rings (SSSR count). The minimum atomic E-state index is -0.329. The maximum absolute atomic E-state index is 13.3. The summed E-state index contributed by atoms with van der Waals surface area (Å²) in [7, 11) is 0. The fourth-order valence-corrected chi connectivity index (χ4v) is 11.8. The number of fused-ring (bicyclic) bond motifs is 5. The fourth-order valence-electron chi connectivity index (χ4n) is 11.8. The lowest BCUT2D eigenvalue weighted by molar-refractivity contribution is -0.203. The molecule has 1 unspecified atom stereocenters. The number of allylic oxidation sites excluding steroid dienone is 4. The summed E-state index contributed by atoms with van der Waals surface area (Å²) in [5.41, 5.74) is 0.488. The van der Waals surface area contributed by atoms with E-state index >= 15 is 0 Å². The molecule has 0 spiro atoms. The largest absolute Gasteiger partial charge is 0.462 e. The summed E-state index contributed by atoms with van der Waals surface area (Å²) in [4.78, 5) is 13.3. The summed E-state index contributed by atoms with van der Waals surface area (Å²) >= 11 is 0. The van der Waals surface area contributed by atoms with E-state index in [1.807, 2.05) is 0 Å². The summed E-state index contributed by atoms with van der Waals surface area (Å²) < 4.78 is 6.45. The van der Waals surface area contributed by atoms with Gasteiger partial charge in [0.25, 0.3) is 0 Å². The Kier molecular flexibility index (Phi) is 16.1. The van der Waals surface area contributed by atoms with Crippen LogP contribution in [-0.4, -0.2) is 23.3 Å². The van der Waals surface area contributed by atoms with Crippen molar-refractivity contribution in [2.24, 2.45) is 52.3 Å². The Morgan fingerprint density at radius 3 is 2.23 bits per heavy atom. The summed E-state index contributed by atoms with van der Waals surface area (Å²) in [6, 6.07) is 0. The van der Waals surface area contributed by atoms with Crippen LogP contribution in [0.3, 0.4) is 0 Å². The first-order valence-electron chi connectivity index (χ1n) is 21.3. The quantitative estimate of drug-likeness (QED) is 0.0799. The van der Waals surface area contributed by atoms with E-state index in [1.54, 1.807) is 0 Å². The molecule has 276 valence electrons. The Bertz CT molecular complexity index is 998. The molecule has 0 bridgehead atoms. The molecule has 3 nitrogen and oxygen atoms in total. The van der Waals surface area contributed by atoms with E-state index in [2.05, 4.69) is 65.8 Å². The van der Waals surface area contributed by atoms with Crippen LogP contribution in [0.4, 0.5) is 0 Å². The van der Waals surface area contributed by atoms with Crippen LogP contribution < -0.4 is 0 Å². The third-order valence-corrected chi connectivity index (χ3v) is 14.5. The van der Waals surface area contributed by atoms with Gasteiger partial charge in [0.15, 0.2) is 0 Å². The lowest BCUT2D eigenvalue weighted by Gasteiger charge is -2.62. The molecule has 0 radical (unpaired) electrons. The number of rotatable bonds is 20. The van der Waals surface area contributed by atoms with E-state index in [0.717, 1.165) is 61.7 Å². The van der Waals surface area contributed by atoms with Crippen molar-refractivity contribution < 1.29 is 14.6 Å². The van der Waals surface area contributed by atoms with Crippen LogP contribution in [0.2, 0.25) is 0 Å². The minimum absolute atomic E-state index is 0.0124. The van der Waals surface area contributed by atoms with E-state index in [1.165, 1.54) is 103 Å². The van der Waals surface area contributed by atoms with Gasteiger partial charge in [-0.05, 0) is 130 Å². The molecule has 0 aromatic carbocycles. The highest BCUT2D eigenvalue weighted by atomic mass is 16.5. The molecule has 4 fully saturated rings. The second-order valence-electron chi connectivity index (χ2n) is 18.1. The number of esters is 1. The first-order chi connectivity index (χ1) is 23.1. The van der Waals surface area contributed by atoms with Crippen molar-refractivity contribution in [3.63, 3.8) is 0 Å². The lowest BCUT2D eigenvalue weighted by Crippen LogP contribution is -2.60. The Hall–Kier alpha value is -1.09. The monoisotopic (exact) mass is 667 g/mol. The molecule has 10 atom stereocenters. The van der Waals surface area contributed by atoms with E-state index < -0.39 is 0 Å². The average Bonchev–Trinajstić information content (AvgIpc) is 3.40. The number of carbonyl (C=O) groups is 1. The number of ether oxygens (including phenoxy) is 1. The number of carbonyl (C=O) groups excluding carboxylic acids is 1. The van der Waals surface area contributed by atoms with Gasteiger partial charge in [-0.15, -0.1) is 0 Å². The molecule has 0 aromatic rings. The second kappa shape index (κ2) is 19.5. The SMILES string of the molecule is CCCCC/C=C\C/C=C\CCCCCCCC(=O)OC1C[C@@H](O)C[C@H]2CC[C@@H]3[C@@H]4CC[C@H]([C@H](C)CCCC(C)C)[C@@]4(C)CC[C@@H]3[C@@]12C. The summed E-state index contributed by atoms with van der Waals surface area (Å²) in [5, 5.41) is 11.0. The van der Waals surface area contributed by atoms with Crippen molar-refractivity contribution in [1.29, 1.82) is 0 Å². The molecule has 48 heavy (non-hydrogen) atoms. The van der Waals surface area contributed by atoms with Crippen molar-refractivity contribution in [1.82, 2.24) is 0 Å². The first kappa shape index (κ1) is 39.7. The van der Waals surface area contributed by atoms with Gasteiger partial charge < -0.3 is 9.84 Å². The molecule has 0 aliphatic heterocycles. The fraction of sp³-hybridized carbons (Fsp3) is 0.889. The summed E-state index contributed by atoms with van der Waals surface area (Å²) in [6.07, 6.45) is 36.1. The normalized spacial score (nSPS) is 35.5. The number of hydrogen-bond donors (Lipinski definition) is 1. The van der Waals surface area contributed by atoms with E-state index in [4.69, 9.17) is 4.74 Å². The molecule has 4 aliphatic carbocycles. The Morgan fingerprint density at radius 1 is 0.792 bits per heavy atom. The Morgan fingerprint density at radius 2 is 1.50 bits per heavy atom. The summed E-state index contributed by atoms with van der Waals surface area (Å²) in [6.45, 7) is 14.7. The molecule has 0 heterocycles. The van der Waals surface area contributed by atoms with Crippen LogP contribution >= 0.6 is 0 Å². The highest BCUT2D eigenvalue weighted by Gasteiger charge is 2.63. The van der Waals surface area contributed by atoms with Gasteiger partial charge in [0.2, 0.25) is 0 Å². The van der Waals surface area contributed by atoms with Crippen molar-refractivity contribution >= 4 is 5.97 Å². The van der Waals surface area contributed by atoms with Crippen LogP contribution in [0, 0.1) is 52.3 Å². The highest BCUT2D eigenvalue weighted by Crippen LogP contribution is 2.68. The van der Waals surface area contributed by atoms with Crippen molar-refractivity contribution in [3.8, 4) is 0 Å². The Balaban J connectivity index is 1.22. The molecule has 3 heteroatoms.